The van der Waals surface area contributed by atoms with Crippen LogP contribution in [0.4, 0.5) is 0 Å². The number of hydrogen-bond donors (Lipinski definition) is 2. The number of carbonyl (C=O) groups excluding carboxylic acids is 2. The van der Waals surface area contributed by atoms with E-state index in [9.17, 15) is 24.3 Å². The molecule has 2 aliphatic carbocycles. The lowest BCUT2D eigenvalue weighted by Crippen LogP contribution is -2.46. The van der Waals surface area contributed by atoms with E-state index in [1.54, 1.807) is 0 Å². The molecule has 0 aromatic carbocycles. The van der Waals surface area contributed by atoms with Crippen LogP contribution < -0.4 is 0 Å². The van der Waals surface area contributed by atoms with Crippen molar-refractivity contribution in [3.8, 4) is 0 Å². The van der Waals surface area contributed by atoms with Gasteiger partial charge in [-0.05, 0) is 37.5 Å². The maximum absolute atomic E-state index is 12.5. The van der Waals surface area contributed by atoms with Crippen molar-refractivity contribution in [2.75, 3.05) is 0 Å². The molecule has 0 spiro atoms. The summed E-state index contributed by atoms with van der Waals surface area (Å²) < 4.78 is 0. The van der Waals surface area contributed by atoms with E-state index >= 15 is 0 Å². The number of hydrogen-bond acceptors (Lipinski definition) is 4. The number of imide groups is 1. The van der Waals surface area contributed by atoms with Crippen LogP contribution in [0, 0.1) is 23.7 Å². The number of rotatable bonds is 5. The monoisotopic (exact) mass is 295 g/mol. The first kappa shape index (κ1) is 14.0. The molecule has 114 valence electrons. The molecule has 21 heavy (non-hydrogen) atoms. The van der Waals surface area contributed by atoms with E-state index < -0.39 is 29.8 Å². The Labute approximate surface area is 120 Å². The molecule has 0 unspecified atom stereocenters. The topological polar surface area (TPSA) is 112 Å². The minimum Gasteiger partial charge on any atom is -0.481 e. The van der Waals surface area contributed by atoms with E-state index in [-0.39, 0.29) is 36.5 Å². The van der Waals surface area contributed by atoms with Crippen molar-refractivity contribution in [2.45, 2.75) is 38.1 Å². The Morgan fingerprint density at radius 2 is 1.62 bits per heavy atom. The highest BCUT2D eigenvalue weighted by Crippen LogP contribution is 2.56. The van der Waals surface area contributed by atoms with Crippen LogP contribution in [0.25, 0.3) is 0 Å². The summed E-state index contributed by atoms with van der Waals surface area (Å²) in [6, 6.07) is -1.36. The minimum atomic E-state index is -1.36. The molecule has 3 aliphatic rings. The first-order chi connectivity index (χ1) is 9.91. The Morgan fingerprint density at radius 1 is 1.10 bits per heavy atom. The molecule has 1 saturated heterocycles. The Bertz CT molecular complexity index is 502. The average molecular weight is 295 g/mol. The zero-order chi connectivity index (χ0) is 15.3. The van der Waals surface area contributed by atoms with Gasteiger partial charge >= 0.3 is 11.9 Å². The molecule has 2 amide bonds. The number of fused-ring (bicyclic) bond motifs is 5. The van der Waals surface area contributed by atoms with Gasteiger partial charge in [-0.2, -0.15) is 0 Å². The van der Waals surface area contributed by atoms with Crippen molar-refractivity contribution < 1.29 is 29.4 Å². The van der Waals surface area contributed by atoms with Gasteiger partial charge < -0.3 is 10.2 Å². The third-order valence-corrected chi connectivity index (χ3v) is 5.19. The second kappa shape index (κ2) is 4.82. The molecule has 3 rings (SSSR count). The normalized spacial score (nSPS) is 35.1. The van der Waals surface area contributed by atoms with E-state index in [2.05, 4.69) is 0 Å². The molecule has 1 aliphatic heterocycles. The molecule has 2 N–H and O–H groups in total. The molecule has 5 atom stereocenters. The van der Waals surface area contributed by atoms with Crippen LogP contribution in [0.3, 0.4) is 0 Å². The van der Waals surface area contributed by atoms with Crippen LogP contribution in [0.1, 0.15) is 32.1 Å². The summed E-state index contributed by atoms with van der Waals surface area (Å²) in [7, 11) is 0. The van der Waals surface area contributed by atoms with Gasteiger partial charge in [0.25, 0.3) is 0 Å². The van der Waals surface area contributed by atoms with Crippen molar-refractivity contribution in [1.29, 1.82) is 0 Å². The highest BCUT2D eigenvalue weighted by molar-refractivity contribution is 6.08. The van der Waals surface area contributed by atoms with Crippen LogP contribution in [0.5, 0.6) is 0 Å². The fourth-order valence-electron chi connectivity index (χ4n) is 4.36. The molecule has 0 aromatic heterocycles. The number of amides is 2. The number of carboxylic acid groups (broad SMARTS) is 2. The Hall–Kier alpha value is -1.92. The van der Waals surface area contributed by atoms with E-state index in [0.717, 1.165) is 24.2 Å². The smallest absolute Gasteiger partial charge is 0.326 e. The van der Waals surface area contributed by atoms with Gasteiger partial charge in [-0.3, -0.25) is 19.3 Å². The Kier molecular flexibility index (Phi) is 3.22. The molecule has 1 heterocycles. The van der Waals surface area contributed by atoms with Crippen molar-refractivity contribution in [3.05, 3.63) is 0 Å². The fraction of sp³-hybridized carbons (Fsp3) is 0.714. The van der Waals surface area contributed by atoms with Crippen LogP contribution in [0.2, 0.25) is 0 Å². The zero-order valence-corrected chi connectivity index (χ0v) is 11.4. The highest BCUT2D eigenvalue weighted by atomic mass is 16.4. The van der Waals surface area contributed by atoms with Crippen LogP contribution in [0.15, 0.2) is 0 Å². The lowest BCUT2D eigenvalue weighted by atomic mass is 9.81. The summed E-state index contributed by atoms with van der Waals surface area (Å²) in [4.78, 5) is 47.8. The second-order valence-electron chi connectivity index (χ2n) is 6.22. The number of aliphatic carboxylic acids is 2. The molecule has 0 radical (unpaired) electrons. The number of carbonyl (C=O) groups is 4. The molecule has 7 nitrogen and oxygen atoms in total. The predicted octanol–water partition coefficient (Wildman–Crippen LogP) is 0.335. The predicted molar refractivity (Wildman–Crippen MR) is 68.0 cm³/mol. The van der Waals surface area contributed by atoms with E-state index in [0.29, 0.717) is 0 Å². The zero-order valence-electron chi connectivity index (χ0n) is 11.4. The van der Waals surface area contributed by atoms with Gasteiger partial charge in [0.2, 0.25) is 11.8 Å². The first-order valence-electron chi connectivity index (χ1n) is 7.23. The van der Waals surface area contributed by atoms with Gasteiger partial charge in [-0.25, -0.2) is 4.79 Å². The van der Waals surface area contributed by atoms with Gasteiger partial charge in [0.15, 0.2) is 0 Å². The van der Waals surface area contributed by atoms with Gasteiger partial charge in [-0.1, -0.05) is 0 Å². The van der Waals surface area contributed by atoms with Crippen molar-refractivity contribution >= 4 is 23.8 Å². The third-order valence-electron chi connectivity index (χ3n) is 5.19. The summed E-state index contributed by atoms with van der Waals surface area (Å²) in [5.41, 5.74) is 0. The van der Waals surface area contributed by atoms with E-state index in [4.69, 9.17) is 5.11 Å². The van der Waals surface area contributed by atoms with Crippen molar-refractivity contribution in [2.24, 2.45) is 23.7 Å². The van der Waals surface area contributed by atoms with Gasteiger partial charge in [-0.15, -0.1) is 0 Å². The fourth-order valence-corrected chi connectivity index (χ4v) is 4.36. The summed E-state index contributed by atoms with van der Waals surface area (Å²) in [5, 5.41) is 17.9. The van der Waals surface area contributed by atoms with Gasteiger partial charge in [0, 0.05) is 6.42 Å². The minimum absolute atomic E-state index is 0.190. The maximum Gasteiger partial charge on any atom is 0.326 e. The van der Waals surface area contributed by atoms with Crippen molar-refractivity contribution in [1.82, 2.24) is 4.90 Å². The van der Waals surface area contributed by atoms with Gasteiger partial charge in [0.05, 0.1) is 11.8 Å². The molecular weight excluding hydrogens is 278 g/mol. The van der Waals surface area contributed by atoms with Crippen LogP contribution >= 0.6 is 0 Å². The van der Waals surface area contributed by atoms with E-state index in [1.807, 2.05) is 0 Å². The molecule has 2 saturated carbocycles. The summed E-state index contributed by atoms with van der Waals surface area (Å²) >= 11 is 0. The first-order valence-corrected chi connectivity index (χ1v) is 7.23. The largest absolute Gasteiger partial charge is 0.481 e. The SMILES string of the molecule is O=C(O)CC[C@H](C(=O)O)N1C(=O)[C@@H]2[C@@H]3CC[C@H](C3)[C@@H]2C1=O. The van der Waals surface area contributed by atoms with Gasteiger partial charge in [0.1, 0.15) is 6.04 Å². The highest BCUT2D eigenvalue weighted by Gasteiger charge is 2.62. The lowest BCUT2D eigenvalue weighted by molar-refractivity contribution is -0.156. The molecular formula is C14H17NO6. The number of nitrogens with zero attached hydrogens (tertiary/aromatic N) is 1. The van der Waals surface area contributed by atoms with Crippen LogP contribution in [-0.2, 0) is 19.2 Å². The second-order valence-corrected chi connectivity index (χ2v) is 6.22. The summed E-state index contributed by atoms with van der Waals surface area (Å²) in [6.07, 6.45) is 2.11. The average Bonchev–Trinajstić information content (AvgIpc) is 3.06. The van der Waals surface area contributed by atoms with E-state index in [1.165, 1.54) is 0 Å². The molecule has 3 fully saturated rings. The quantitative estimate of drug-likeness (QED) is 0.707. The standard InChI is InChI=1S/C14H17NO6/c16-9(17)4-3-8(14(20)21)15-12(18)10-6-1-2-7(5-6)11(10)13(15)19/h6-8,10-11H,1-5H2,(H,16,17)(H,20,21)/t6-,7-,8-,10-,11+/m1/s1. The molecule has 7 heteroatoms. The summed E-state index contributed by atoms with van der Waals surface area (Å²) in [5.74, 6) is -3.63. The molecule has 2 bridgehead atoms. The number of carboxylic acids is 2. The maximum atomic E-state index is 12.5. The lowest BCUT2D eigenvalue weighted by Gasteiger charge is -2.23. The number of likely N-dealkylation sites (tertiary alicyclic amines) is 1. The molecule has 0 aromatic rings. The Morgan fingerprint density at radius 3 is 2.05 bits per heavy atom. The van der Waals surface area contributed by atoms with Crippen molar-refractivity contribution in [3.63, 3.8) is 0 Å². The summed E-state index contributed by atoms with van der Waals surface area (Å²) in [6.45, 7) is 0. The third kappa shape index (κ3) is 2.02. The van der Waals surface area contributed by atoms with Crippen LogP contribution in [-0.4, -0.2) is 44.9 Å². The Balaban J connectivity index is 1.84.